The second kappa shape index (κ2) is 6.39. The molecule has 0 aliphatic carbocycles. The van der Waals surface area contributed by atoms with E-state index in [0.717, 1.165) is 18.6 Å². The monoisotopic (exact) mass is 293 g/mol. The van der Waals surface area contributed by atoms with E-state index < -0.39 is 11.6 Å². The number of benzene rings is 1. The van der Waals surface area contributed by atoms with Gasteiger partial charge in [0.15, 0.2) is 0 Å². The molecule has 0 fully saturated rings. The number of nitrogen functional groups attached to an aromatic ring is 1. The maximum absolute atomic E-state index is 13.8. The molecule has 0 saturated heterocycles. The molecule has 112 valence electrons. The van der Waals surface area contributed by atoms with Crippen LogP contribution in [0, 0.1) is 18.6 Å². The minimum atomic E-state index is -0.552. The maximum atomic E-state index is 13.8. The summed E-state index contributed by atoms with van der Waals surface area (Å²) in [6.07, 6.45) is 0.816. The zero-order chi connectivity index (χ0) is 15.4. The van der Waals surface area contributed by atoms with Crippen LogP contribution in [0.15, 0.2) is 24.3 Å². The van der Waals surface area contributed by atoms with Gasteiger partial charge in [0.1, 0.15) is 17.5 Å². The molecule has 0 aliphatic rings. The normalized spacial score (nSPS) is 10.5. The van der Waals surface area contributed by atoms with Gasteiger partial charge in [0, 0.05) is 6.07 Å². The molecule has 0 aliphatic heterocycles. The lowest BCUT2D eigenvalue weighted by atomic mass is 10.2. The van der Waals surface area contributed by atoms with Crippen LogP contribution in [0.4, 0.5) is 26.0 Å². The van der Waals surface area contributed by atoms with E-state index >= 15 is 0 Å². The Morgan fingerprint density at radius 1 is 1.24 bits per heavy atom. The third-order valence-corrected chi connectivity index (χ3v) is 2.84. The van der Waals surface area contributed by atoms with Gasteiger partial charge in [0.25, 0.3) is 0 Å². The second-order valence-corrected chi connectivity index (χ2v) is 4.65. The van der Waals surface area contributed by atoms with Crippen molar-refractivity contribution in [1.82, 2.24) is 4.98 Å². The van der Waals surface area contributed by atoms with Crippen LogP contribution in [0.3, 0.4) is 0 Å². The summed E-state index contributed by atoms with van der Waals surface area (Å²) >= 11 is 0. The van der Waals surface area contributed by atoms with Crippen molar-refractivity contribution in [2.24, 2.45) is 0 Å². The van der Waals surface area contributed by atoms with Gasteiger partial charge in [-0.15, -0.1) is 0 Å². The number of halogens is 2. The Morgan fingerprint density at radius 3 is 2.71 bits per heavy atom. The lowest BCUT2D eigenvalue weighted by Crippen LogP contribution is -2.04. The largest absolute Gasteiger partial charge is 0.476 e. The van der Waals surface area contributed by atoms with Crippen LogP contribution in [0.2, 0.25) is 0 Å². The summed E-state index contributed by atoms with van der Waals surface area (Å²) in [6.45, 7) is 3.94. The van der Waals surface area contributed by atoms with E-state index in [1.807, 2.05) is 6.92 Å². The molecule has 0 atom stereocenters. The Hall–Kier alpha value is -2.37. The zero-order valence-corrected chi connectivity index (χ0v) is 11.9. The smallest absolute Gasteiger partial charge is 0.239 e. The molecule has 6 heteroatoms. The molecule has 3 N–H and O–H groups in total. The third kappa shape index (κ3) is 3.59. The van der Waals surface area contributed by atoms with Crippen molar-refractivity contribution in [2.75, 3.05) is 17.7 Å². The number of nitrogens with one attached hydrogen (secondary N) is 1. The second-order valence-electron chi connectivity index (χ2n) is 4.65. The highest BCUT2D eigenvalue weighted by atomic mass is 19.1. The van der Waals surface area contributed by atoms with Crippen molar-refractivity contribution in [3.05, 3.63) is 41.5 Å². The molecule has 1 aromatic carbocycles. The van der Waals surface area contributed by atoms with Crippen LogP contribution in [0.5, 0.6) is 5.88 Å². The van der Waals surface area contributed by atoms with Gasteiger partial charge in [-0.25, -0.2) is 8.78 Å². The Bertz CT molecular complexity index is 647. The first-order valence-electron chi connectivity index (χ1n) is 6.63. The summed E-state index contributed by atoms with van der Waals surface area (Å²) in [6, 6.07) is 5.40. The molecule has 0 radical (unpaired) electrons. The van der Waals surface area contributed by atoms with Gasteiger partial charge in [-0.2, -0.15) is 4.98 Å². The fourth-order valence-electron chi connectivity index (χ4n) is 1.72. The highest BCUT2D eigenvalue weighted by molar-refractivity contribution is 5.61. The van der Waals surface area contributed by atoms with Gasteiger partial charge in [-0.3, -0.25) is 0 Å². The standard InChI is InChI=1S/C15H17F2N3O/c1-3-6-21-15-12(18)4-5-14(20-15)19-13-8-10(16)9(2)7-11(13)17/h4-5,7-8H,3,6,18H2,1-2H3,(H,19,20). The van der Waals surface area contributed by atoms with Crippen molar-refractivity contribution in [3.8, 4) is 5.88 Å². The molecule has 21 heavy (non-hydrogen) atoms. The molecular formula is C15H17F2N3O. The van der Waals surface area contributed by atoms with Gasteiger partial charge in [0.05, 0.1) is 18.0 Å². The van der Waals surface area contributed by atoms with Crippen LogP contribution in [-0.2, 0) is 0 Å². The number of pyridine rings is 1. The molecular weight excluding hydrogens is 276 g/mol. The minimum absolute atomic E-state index is 0.0109. The predicted molar refractivity (Wildman–Crippen MR) is 78.8 cm³/mol. The molecule has 0 bridgehead atoms. The van der Waals surface area contributed by atoms with Crippen LogP contribution >= 0.6 is 0 Å². The van der Waals surface area contributed by atoms with Crippen molar-refractivity contribution in [3.63, 3.8) is 0 Å². The number of hydrogen-bond donors (Lipinski definition) is 2. The average Bonchev–Trinajstić information content (AvgIpc) is 2.45. The Labute approximate surface area is 122 Å². The van der Waals surface area contributed by atoms with Crippen LogP contribution in [0.25, 0.3) is 0 Å². The summed E-state index contributed by atoms with van der Waals surface area (Å²) in [7, 11) is 0. The van der Waals surface area contributed by atoms with Gasteiger partial charge in [0.2, 0.25) is 5.88 Å². The number of nitrogens with zero attached hydrogens (tertiary/aromatic N) is 1. The number of nitrogens with two attached hydrogens (primary N) is 1. The topological polar surface area (TPSA) is 60.2 Å². The number of aromatic nitrogens is 1. The average molecular weight is 293 g/mol. The Kier molecular flexibility index (Phi) is 4.57. The number of rotatable bonds is 5. The number of hydrogen-bond acceptors (Lipinski definition) is 4. The highest BCUT2D eigenvalue weighted by Crippen LogP contribution is 2.26. The van der Waals surface area contributed by atoms with Crippen LogP contribution in [-0.4, -0.2) is 11.6 Å². The SMILES string of the molecule is CCCOc1nc(Nc2cc(F)c(C)cc2F)ccc1N. The Balaban J connectivity index is 2.25. The van der Waals surface area contributed by atoms with Gasteiger partial charge in [-0.1, -0.05) is 6.92 Å². The van der Waals surface area contributed by atoms with Gasteiger partial charge < -0.3 is 15.8 Å². The lowest BCUT2D eigenvalue weighted by molar-refractivity contribution is 0.307. The molecule has 2 aromatic rings. The van der Waals surface area contributed by atoms with Crippen molar-refractivity contribution in [1.29, 1.82) is 0 Å². The van der Waals surface area contributed by atoms with E-state index in [4.69, 9.17) is 10.5 Å². The predicted octanol–water partition coefficient (Wildman–Crippen LogP) is 3.78. The fourth-order valence-corrected chi connectivity index (χ4v) is 1.72. The molecule has 0 unspecified atom stereocenters. The summed E-state index contributed by atoms with van der Waals surface area (Å²) < 4.78 is 32.7. The third-order valence-electron chi connectivity index (χ3n) is 2.84. The number of aryl methyl sites for hydroxylation is 1. The van der Waals surface area contributed by atoms with Gasteiger partial charge >= 0.3 is 0 Å². The van der Waals surface area contributed by atoms with E-state index in [2.05, 4.69) is 10.3 Å². The van der Waals surface area contributed by atoms with Crippen LogP contribution < -0.4 is 15.8 Å². The van der Waals surface area contributed by atoms with Crippen LogP contribution in [0.1, 0.15) is 18.9 Å². The molecule has 1 heterocycles. The molecule has 0 saturated carbocycles. The van der Waals surface area contributed by atoms with Crippen molar-refractivity contribution < 1.29 is 13.5 Å². The van der Waals surface area contributed by atoms with E-state index in [-0.39, 0.29) is 17.1 Å². The van der Waals surface area contributed by atoms with E-state index in [0.29, 0.717) is 18.1 Å². The fraction of sp³-hybridized carbons (Fsp3) is 0.267. The first kappa shape index (κ1) is 15.0. The van der Waals surface area contributed by atoms with E-state index in [1.165, 1.54) is 6.92 Å². The lowest BCUT2D eigenvalue weighted by Gasteiger charge is -2.11. The zero-order valence-electron chi connectivity index (χ0n) is 11.9. The molecule has 4 nitrogen and oxygen atoms in total. The van der Waals surface area contributed by atoms with E-state index in [9.17, 15) is 8.78 Å². The summed E-state index contributed by atoms with van der Waals surface area (Å²) in [4.78, 5) is 4.15. The van der Waals surface area contributed by atoms with Crippen molar-refractivity contribution >= 4 is 17.2 Å². The maximum Gasteiger partial charge on any atom is 0.239 e. The highest BCUT2D eigenvalue weighted by Gasteiger charge is 2.10. The number of ether oxygens (including phenoxy) is 1. The summed E-state index contributed by atoms with van der Waals surface area (Å²) in [5.41, 5.74) is 6.40. The van der Waals surface area contributed by atoms with Gasteiger partial charge in [-0.05, 0) is 37.1 Å². The first-order valence-corrected chi connectivity index (χ1v) is 6.63. The number of anilines is 3. The molecule has 0 spiro atoms. The molecule has 0 amide bonds. The van der Waals surface area contributed by atoms with Crippen molar-refractivity contribution in [2.45, 2.75) is 20.3 Å². The molecule has 2 rings (SSSR count). The minimum Gasteiger partial charge on any atom is -0.476 e. The Morgan fingerprint density at radius 2 is 2.00 bits per heavy atom. The quantitative estimate of drug-likeness (QED) is 0.880. The first-order chi connectivity index (χ1) is 10.0. The molecule has 1 aromatic heterocycles. The summed E-state index contributed by atoms with van der Waals surface area (Å²) in [5.74, 6) is -0.437. The van der Waals surface area contributed by atoms with E-state index in [1.54, 1.807) is 12.1 Å². The summed E-state index contributed by atoms with van der Waals surface area (Å²) in [5, 5.41) is 2.72.